The van der Waals surface area contributed by atoms with Crippen LogP contribution in [0.2, 0.25) is 0 Å². The van der Waals surface area contributed by atoms with E-state index in [1.807, 2.05) is 0 Å². The van der Waals surface area contributed by atoms with Crippen molar-refractivity contribution in [2.24, 2.45) is 0 Å². The molecule has 8 heteroatoms. The van der Waals surface area contributed by atoms with Crippen LogP contribution in [0.25, 0.3) is 10.6 Å². The second-order valence-electron chi connectivity index (χ2n) is 2.60. The Balaban J connectivity index is 2.36. The number of nitrogens with two attached hydrogens (primary N) is 1. The molecule has 0 bridgehead atoms. The third-order valence-electron chi connectivity index (χ3n) is 1.52. The molecule has 0 atom stereocenters. The molecular formula is C7H4F3N3S2. The molecule has 0 radical (unpaired) electrons. The first kappa shape index (κ1) is 10.4. The molecule has 0 saturated carbocycles. The number of rotatable bonds is 1. The molecule has 0 aliphatic carbocycles. The van der Waals surface area contributed by atoms with Crippen LogP contribution in [0.5, 0.6) is 0 Å². The van der Waals surface area contributed by atoms with Gasteiger partial charge in [0.2, 0.25) is 0 Å². The summed E-state index contributed by atoms with van der Waals surface area (Å²) in [6.07, 6.45) is -2.98. The zero-order valence-electron chi connectivity index (χ0n) is 7.08. The lowest BCUT2D eigenvalue weighted by molar-refractivity contribution is -0.137. The van der Waals surface area contributed by atoms with Crippen LogP contribution in [0.4, 0.5) is 18.3 Å². The van der Waals surface area contributed by atoms with Crippen molar-refractivity contribution in [3.8, 4) is 10.6 Å². The lowest BCUT2D eigenvalue weighted by Gasteiger charge is -1.98. The standard InChI is InChI=1S/C7H4F3N3S2/c8-7(9,10)5-13-3(2-14-5)4-1-12-6(11)15-4/h1-2H,(H2,11,12). The van der Waals surface area contributed by atoms with Crippen molar-refractivity contribution >= 4 is 27.8 Å². The minimum atomic E-state index is -4.39. The van der Waals surface area contributed by atoms with Crippen molar-refractivity contribution < 1.29 is 13.2 Å². The van der Waals surface area contributed by atoms with Gasteiger partial charge in [-0.15, -0.1) is 11.3 Å². The number of aromatic nitrogens is 2. The molecule has 0 unspecified atom stereocenters. The van der Waals surface area contributed by atoms with Crippen LogP contribution in [-0.4, -0.2) is 9.97 Å². The molecule has 0 fully saturated rings. The van der Waals surface area contributed by atoms with Gasteiger partial charge < -0.3 is 5.73 Å². The number of anilines is 1. The SMILES string of the molecule is Nc1ncc(-c2csc(C(F)(F)F)n2)s1. The van der Waals surface area contributed by atoms with E-state index in [4.69, 9.17) is 5.73 Å². The van der Waals surface area contributed by atoms with Crippen LogP contribution in [-0.2, 0) is 6.18 Å². The molecular weight excluding hydrogens is 247 g/mol. The first-order valence-corrected chi connectivity index (χ1v) is 5.41. The Hall–Kier alpha value is -1.15. The summed E-state index contributed by atoms with van der Waals surface area (Å²) in [6, 6.07) is 0. The van der Waals surface area contributed by atoms with Gasteiger partial charge in [0.25, 0.3) is 0 Å². The van der Waals surface area contributed by atoms with Gasteiger partial charge in [0.1, 0.15) is 0 Å². The molecule has 3 nitrogen and oxygen atoms in total. The Bertz CT molecular complexity index is 474. The maximum atomic E-state index is 12.2. The van der Waals surface area contributed by atoms with Crippen molar-refractivity contribution in [2.75, 3.05) is 5.73 Å². The third kappa shape index (κ3) is 2.10. The Morgan fingerprint density at radius 2 is 2.07 bits per heavy atom. The lowest BCUT2D eigenvalue weighted by Crippen LogP contribution is -2.03. The lowest BCUT2D eigenvalue weighted by atomic mass is 10.4. The van der Waals surface area contributed by atoms with E-state index in [1.54, 1.807) is 0 Å². The van der Waals surface area contributed by atoms with E-state index in [0.717, 1.165) is 11.3 Å². The van der Waals surface area contributed by atoms with Crippen molar-refractivity contribution in [3.63, 3.8) is 0 Å². The second kappa shape index (κ2) is 3.46. The molecule has 2 heterocycles. The summed E-state index contributed by atoms with van der Waals surface area (Å²) < 4.78 is 36.7. The van der Waals surface area contributed by atoms with Crippen LogP contribution in [0.15, 0.2) is 11.6 Å². The van der Waals surface area contributed by atoms with Crippen molar-refractivity contribution in [1.29, 1.82) is 0 Å². The molecule has 0 aliphatic heterocycles. The van der Waals surface area contributed by atoms with Gasteiger partial charge in [-0.05, 0) is 0 Å². The van der Waals surface area contributed by atoms with Gasteiger partial charge in [0.15, 0.2) is 10.1 Å². The average molecular weight is 251 g/mol. The van der Waals surface area contributed by atoms with E-state index >= 15 is 0 Å². The molecule has 0 aliphatic rings. The largest absolute Gasteiger partial charge is 0.443 e. The summed E-state index contributed by atoms with van der Waals surface area (Å²) in [5.74, 6) is 0. The molecule has 2 rings (SSSR count). The Labute approximate surface area is 90.4 Å². The number of alkyl halides is 3. The van der Waals surface area contributed by atoms with Gasteiger partial charge in [-0.2, -0.15) is 13.2 Å². The minimum absolute atomic E-state index is 0.265. The van der Waals surface area contributed by atoms with Gasteiger partial charge >= 0.3 is 6.18 Å². The van der Waals surface area contributed by atoms with E-state index in [2.05, 4.69) is 9.97 Å². The summed E-state index contributed by atoms with van der Waals surface area (Å²) >= 11 is 1.67. The van der Waals surface area contributed by atoms with Gasteiger partial charge in [0, 0.05) is 11.6 Å². The predicted octanol–water partition coefficient (Wildman–Crippen LogP) is 2.87. The van der Waals surface area contributed by atoms with Crippen molar-refractivity contribution in [2.45, 2.75) is 6.18 Å². The highest BCUT2D eigenvalue weighted by atomic mass is 32.1. The molecule has 15 heavy (non-hydrogen) atoms. The highest BCUT2D eigenvalue weighted by molar-refractivity contribution is 7.19. The highest BCUT2D eigenvalue weighted by Gasteiger charge is 2.34. The Morgan fingerprint density at radius 3 is 2.53 bits per heavy atom. The maximum absolute atomic E-state index is 12.2. The first-order valence-electron chi connectivity index (χ1n) is 3.71. The normalized spacial score (nSPS) is 11.9. The number of nitrogen functional groups attached to an aromatic ring is 1. The smallest absolute Gasteiger partial charge is 0.375 e. The van der Waals surface area contributed by atoms with E-state index in [1.165, 1.54) is 11.6 Å². The number of hydrogen-bond acceptors (Lipinski definition) is 5. The number of nitrogens with zero attached hydrogens (tertiary/aromatic N) is 2. The van der Waals surface area contributed by atoms with Crippen molar-refractivity contribution in [3.05, 3.63) is 16.6 Å². The fourth-order valence-corrected chi connectivity index (χ4v) is 2.33. The monoisotopic (exact) mass is 251 g/mol. The van der Waals surface area contributed by atoms with Gasteiger partial charge in [-0.3, -0.25) is 0 Å². The summed E-state index contributed by atoms with van der Waals surface area (Å²) in [6.45, 7) is 0. The molecule has 0 spiro atoms. The predicted molar refractivity (Wildman–Crippen MR) is 52.6 cm³/mol. The maximum Gasteiger partial charge on any atom is 0.443 e. The second-order valence-corrected chi connectivity index (χ2v) is 4.52. The van der Waals surface area contributed by atoms with Crippen LogP contribution in [0.3, 0.4) is 0 Å². The quantitative estimate of drug-likeness (QED) is 0.847. The summed E-state index contributed by atoms with van der Waals surface area (Å²) in [7, 11) is 0. The minimum Gasteiger partial charge on any atom is -0.375 e. The zero-order valence-corrected chi connectivity index (χ0v) is 8.71. The fraction of sp³-hybridized carbons (Fsp3) is 0.143. The highest BCUT2D eigenvalue weighted by Crippen LogP contribution is 2.35. The van der Waals surface area contributed by atoms with Gasteiger partial charge in [-0.1, -0.05) is 11.3 Å². The topological polar surface area (TPSA) is 51.8 Å². The molecule has 0 amide bonds. The molecule has 0 saturated heterocycles. The summed E-state index contributed by atoms with van der Waals surface area (Å²) in [5, 5.41) is 0.798. The molecule has 2 aromatic heterocycles. The number of thiazole rings is 2. The number of halogens is 3. The average Bonchev–Trinajstić information content (AvgIpc) is 2.69. The van der Waals surface area contributed by atoms with E-state index < -0.39 is 11.2 Å². The fourth-order valence-electron chi connectivity index (χ4n) is 0.923. The van der Waals surface area contributed by atoms with Gasteiger partial charge in [-0.25, -0.2) is 9.97 Å². The zero-order chi connectivity index (χ0) is 11.1. The van der Waals surface area contributed by atoms with Crippen molar-refractivity contribution in [1.82, 2.24) is 9.97 Å². The molecule has 2 aromatic rings. The number of hydrogen-bond donors (Lipinski definition) is 1. The summed E-state index contributed by atoms with van der Waals surface area (Å²) in [5.41, 5.74) is 5.63. The van der Waals surface area contributed by atoms with Crippen LogP contribution >= 0.6 is 22.7 Å². The Kier molecular flexibility index (Phi) is 2.39. The van der Waals surface area contributed by atoms with Crippen LogP contribution in [0, 0.1) is 0 Å². The van der Waals surface area contributed by atoms with E-state index in [0.29, 0.717) is 21.3 Å². The summed E-state index contributed by atoms with van der Waals surface area (Å²) in [4.78, 5) is 7.76. The first-order chi connectivity index (χ1) is 6.97. The van der Waals surface area contributed by atoms with Gasteiger partial charge in [0.05, 0.1) is 10.6 Å². The third-order valence-corrected chi connectivity index (χ3v) is 3.26. The Morgan fingerprint density at radius 1 is 1.33 bits per heavy atom. The van der Waals surface area contributed by atoms with Crippen LogP contribution < -0.4 is 5.73 Å². The molecule has 80 valence electrons. The van der Waals surface area contributed by atoms with E-state index in [9.17, 15) is 13.2 Å². The van der Waals surface area contributed by atoms with Crippen LogP contribution in [0.1, 0.15) is 5.01 Å². The molecule has 0 aromatic carbocycles. The molecule has 2 N–H and O–H groups in total. The van der Waals surface area contributed by atoms with E-state index in [-0.39, 0.29) is 5.69 Å².